The van der Waals surface area contributed by atoms with Gasteiger partial charge in [-0.25, -0.2) is 9.97 Å². The molecule has 3 aliphatic rings. The van der Waals surface area contributed by atoms with Crippen LogP contribution in [-0.2, 0) is 29.2 Å². The lowest BCUT2D eigenvalue weighted by Gasteiger charge is -2.43. The maximum atomic E-state index is 14.0. The van der Waals surface area contributed by atoms with Crippen LogP contribution in [0.25, 0.3) is 0 Å². The number of amides is 1. The third kappa shape index (κ3) is 5.74. The second-order valence-electron chi connectivity index (χ2n) is 12.1. The van der Waals surface area contributed by atoms with Crippen molar-refractivity contribution in [3.63, 3.8) is 0 Å². The van der Waals surface area contributed by atoms with Gasteiger partial charge in [-0.15, -0.1) is 0 Å². The van der Waals surface area contributed by atoms with E-state index >= 15 is 0 Å². The summed E-state index contributed by atoms with van der Waals surface area (Å²) in [5.41, 5.74) is 2.18. The highest BCUT2D eigenvalue weighted by Crippen LogP contribution is 2.41. The van der Waals surface area contributed by atoms with Gasteiger partial charge in [0.15, 0.2) is 0 Å². The number of likely N-dealkylation sites (tertiary alicyclic amines) is 1. The molecule has 2 N–H and O–H groups in total. The summed E-state index contributed by atoms with van der Waals surface area (Å²) in [5.74, 6) is 0.488. The van der Waals surface area contributed by atoms with Crippen LogP contribution >= 0.6 is 0 Å². The lowest BCUT2D eigenvalue weighted by atomic mass is 9.82. The minimum Gasteiger partial charge on any atom is -0.494 e. The fourth-order valence-corrected chi connectivity index (χ4v) is 6.50. The highest BCUT2D eigenvalue weighted by Gasteiger charge is 2.40. The van der Waals surface area contributed by atoms with Crippen LogP contribution in [0.3, 0.4) is 0 Å². The number of benzene rings is 2. The lowest BCUT2D eigenvalue weighted by molar-refractivity contribution is -0.138. The molecule has 3 aromatic rings. The molecular formula is C32H37F3N6O2. The monoisotopic (exact) mass is 594 g/mol. The quantitative estimate of drug-likeness (QED) is 0.334. The predicted octanol–water partition coefficient (Wildman–Crippen LogP) is 5.94. The molecule has 0 atom stereocenters. The highest BCUT2D eigenvalue weighted by atomic mass is 19.4. The van der Waals surface area contributed by atoms with Crippen molar-refractivity contribution in [2.75, 3.05) is 48.8 Å². The summed E-state index contributed by atoms with van der Waals surface area (Å²) >= 11 is 0. The molecule has 0 bridgehead atoms. The molecule has 2 fully saturated rings. The number of aromatic nitrogens is 2. The van der Waals surface area contributed by atoms with E-state index in [0.717, 1.165) is 48.9 Å². The Hall–Kier alpha value is -3.86. The van der Waals surface area contributed by atoms with Gasteiger partial charge in [-0.1, -0.05) is 12.1 Å². The fraction of sp³-hybridized carbons (Fsp3) is 0.469. The molecule has 1 aromatic heterocycles. The first-order chi connectivity index (χ1) is 20.5. The van der Waals surface area contributed by atoms with Crippen LogP contribution in [0.4, 0.5) is 36.2 Å². The van der Waals surface area contributed by atoms with Crippen molar-refractivity contribution >= 4 is 28.9 Å². The normalized spacial score (nSPS) is 18.7. The van der Waals surface area contributed by atoms with Crippen LogP contribution in [0.2, 0.25) is 0 Å². The van der Waals surface area contributed by atoms with Gasteiger partial charge in [0.25, 0.3) is 0 Å². The number of fused-ring (bicyclic) bond motifs is 1. The number of nitrogens with zero attached hydrogens (tertiary/aromatic N) is 4. The van der Waals surface area contributed by atoms with Crippen molar-refractivity contribution in [2.45, 2.75) is 63.6 Å². The zero-order chi connectivity index (χ0) is 30.4. The molecule has 11 heteroatoms. The number of alkyl halides is 3. The maximum absolute atomic E-state index is 14.0. The molecule has 0 unspecified atom stereocenters. The van der Waals surface area contributed by atoms with E-state index in [-0.39, 0.29) is 30.4 Å². The second-order valence-corrected chi connectivity index (χ2v) is 12.1. The Bertz CT molecular complexity index is 1510. The molecule has 228 valence electrons. The molecule has 3 aliphatic heterocycles. The Labute approximate surface area is 249 Å². The predicted molar refractivity (Wildman–Crippen MR) is 160 cm³/mol. The molecule has 8 nitrogen and oxygen atoms in total. The number of aryl methyl sites for hydroxylation is 2. The van der Waals surface area contributed by atoms with Crippen LogP contribution in [0.1, 0.15) is 55.5 Å². The van der Waals surface area contributed by atoms with Gasteiger partial charge < -0.3 is 25.2 Å². The first-order valence-electron chi connectivity index (χ1n) is 14.9. The van der Waals surface area contributed by atoms with Gasteiger partial charge in [-0.05, 0) is 88.4 Å². The van der Waals surface area contributed by atoms with Crippen molar-refractivity contribution < 1.29 is 22.7 Å². The number of carbonyl (C=O) groups is 1. The average Bonchev–Trinajstić information content (AvgIpc) is 3.19. The van der Waals surface area contributed by atoms with E-state index in [1.165, 1.54) is 19.5 Å². The zero-order valence-corrected chi connectivity index (χ0v) is 24.7. The molecule has 1 amide bonds. The summed E-state index contributed by atoms with van der Waals surface area (Å²) in [7, 11) is 1.57. The topological polar surface area (TPSA) is 82.6 Å². The zero-order valence-electron chi connectivity index (χ0n) is 24.7. The van der Waals surface area contributed by atoms with E-state index in [9.17, 15) is 18.0 Å². The average molecular weight is 595 g/mol. The number of anilines is 4. The minimum atomic E-state index is -4.61. The Morgan fingerprint density at radius 2 is 1.86 bits per heavy atom. The molecular weight excluding hydrogens is 557 g/mol. The van der Waals surface area contributed by atoms with E-state index in [4.69, 9.17) is 4.74 Å². The van der Waals surface area contributed by atoms with Crippen molar-refractivity contribution in [1.82, 2.24) is 14.9 Å². The van der Waals surface area contributed by atoms with Crippen LogP contribution in [0, 0.1) is 0 Å². The Morgan fingerprint density at radius 1 is 1.09 bits per heavy atom. The number of nitrogens with one attached hydrogen (secondary N) is 2. The van der Waals surface area contributed by atoms with Crippen LogP contribution in [0.5, 0.6) is 5.75 Å². The van der Waals surface area contributed by atoms with Crippen molar-refractivity contribution in [3.8, 4) is 5.75 Å². The maximum Gasteiger partial charge on any atom is 0.419 e. The smallest absolute Gasteiger partial charge is 0.419 e. The van der Waals surface area contributed by atoms with Gasteiger partial charge >= 0.3 is 6.18 Å². The Kier molecular flexibility index (Phi) is 7.70. The van der Waals surface area contributed by atoms with Gasteiger partial charge in [-0.3, -0.25) is 4.79 Å². The Balaban J connectivity index is 1.20. The summed E-state index contributed by atoms with van der Waals surface area (Å²) < 4.78 is 47.6. The molecule has 0 saturated carbocycles. The number of rotatable bonds is 8. The molecule has 0 spiro atoms. The van der Waals surface area contributed by atoms with E-state index in [0.29, 0.717) is 23.2 Å². The summed E-state index contributed by atoms with van der Waals surface area (Å²) in [6, 6.07) is 11.9. The second kappa shape index (κ2) is 11.3. The van der Waals surface area contributed by atoms with E-state index in [2.05, 4.69) is 30.4 Å². The first-order valence-corrected chi connectivity index (χ1v) is 14.9. The highest BCUT2D eigenvalue weighted by molar-refractivity contribution is 6.06. The number of carbonyl (C=O) groups excluding carboxylic acids is 1. The number of hydrogen-bond donors (Lipinski definition) is 2. The van der Waals surface area contributed by atoms with Crippen LogP contribution in [0.15, 0.2) is 42.6 Å². The summed E-state index contributed by atoms with van der Waals surface area (Å²) in [4.78, 5) is 25.7. The van der Waals surface area contributed by atoms with Gasteiger partial charge in [0, 0.05) is 42.8 Å². The van der Waals surface area contributed by atoms with Crippen LogP contribution in [-0.4, -0.2) is 60.1 Å². The number of piperidine rings is 1. The van der Waals surface area contributed by atoms with Crippen molar-refractivity contribution in [2.24, 2.45) is 0 Å². The van der Waals surface area contributed by atoms with Crippen molar-refractivity contribution in [3.05, 3.63) is 65.0 Å². The third-order valence-electron chi connectivity index (χ3n) is 9.06. The fourth-order valence-electron chi connectivity index (χ4n) is 6.50. The molecule has 43 heavy (non-hydrogen) atoms. The van der Waals surface area contributed by atoms with Gasteiger partial charge in [0.2, 0.25) is 11.9 Å². The van der Waals surface area contributed by atoms with E-state index in [1.54, 1.807) is 13.2 Å². The molecule has 0 radical (unpaired) electrons. The summed E-state index contributed by atoms with van der Waals surface area (Å²) in [6.45, 7) is 7.98. The molecule has 4 heterocycles. The summed E-state index contributed by atoms with van der Waals surface area (Å²) in [6.07, 6.45) is 0.0813. The van der Waals surface area contributed by atoms with E-state index in [1.807, 2.05) is 44.2 Å². The standard InChI is InChI=1S/C32H37F3N6O2/c1-31(2)28-20(6-4-7-26(28)37-29(31)42)8-10-24-23(32(33,34)35)19-36-30(38-24)39-25-11-9-22(18-27(25)43-3)41-16-12-21(13-17-41)40-14-5-15-40/h4,6-7,9,11,18-19,21H,5,8,10,12-17H2,1-3H3,(H,37,42)(H,36,38,39). The number of methoxy groups -OCH3 is 1. The Morgan fingerprint density at radius 3 is 2.53 bits per heavy atom. The number of halogens is 3. The third-order valence-corrected chi connectivity index (χ3v) is 9.06. The molecule has 2 saturated heterocycles. The van der Waals surface area contributed by atoms with Crippen molar-refractivity contribution in [1.29, 1.82) is 0 Å². The summed E-state index contributed by atoms with van der Waals surface area (Å²) in [5, 5.41) is 5.95. The molecule has 6 rings (SSSR count). The largest absolute Gasteiger partial charge is 0.494 e. The SMILES string of the molecule is COc1cc(N2CCC(N3CCC3)CC2)ccc1Nc1ncc(C(F)(F)F)c(CCc2cccc3c2C(C)(C)C(=O)N3)n1. The first kappa shape index (κ1) is 29.2. The van der Waals surface area contributed by atoms with Gasteiger partial charge in [0.1, 0.15) is 5.75 Å². The molecule has 0 aliphatic carbocycles. The number of hydrogen-bond acceptors (Lipinski definition) is 7. The van der Waals surface area contributed by atoms with Gasteiger partial charge in [0.05, 0.1) is 29.5 Å². The van der Waals surface area contributed by atoms with Crippen LogP contribution < -0.4 is 20.3 Å². The van der Waals surface area contributed by atoms with Gasteiger partial charge in [-0.2, -0.15) is 13.2 Å². The molecule has 2 aromatic carbocycles. The minimum absolute atomic E-state index is 0.0240. The number of ether oxygens (including phenoxy) is 1. The van der Waals surface area contributed by atoms with E-state index < -0.39 is 17.2 Å². The lowest BCUT2D eigenvalue weighted by Crippen LogP contribution is -2.50.